The second-order valence-electron chi connectivity index (χ2n) is 10.3. The third kappa shape index (κ3) is 2.03. The molecule has 5 aliphatic carbocycles. The smallest absolute Gasteiger partial charge is 0.133 e. The van der Waals surface area contributed by atoms with Crippen LogP contribution in [0.4, 0.5) is 0 Å². The third-order valence-electron chi connectivity index (χ3n) is 9.80. The van der Waals surface area contributed by atoms with Crippen molar-refractivity contribution in [2.24, 2.45) is 46.8 Å². The van der Waals surface area contributed by atoms with E-state index in [1.54, 1.807) is 7.11 Å². The van der Waals surface area contributed by atoms with Crippen molar-refractivity contribution >= 4 is 5.78 Å². The average molecular weight is 347 g/mol. The van der Waals surface area contributed by atoms with Gasteiger partial charge in [-0.05, 0) is 93.3 Å². The van der Waals surface area contributed by atoms with Gasteiger partial charge >= 0.3 is 0 Å². The highest BCUT2D eigenvalue weighted by molar-refractivity contribution is 5.79. The van der Waals surface area contributed by atoms with Gasteiger partial charge in [-0.15, -0.1) is 0 Å². The van der Waals surface area contributed by atoms with Crippen molar-refractivity contribution in [2.45, 2.75) is 76.9 Å². The Labute approximate surface area is 151 Å². The minimum absolute atomic E-state index is 0.0986. The molecular weight excluding hydrogens is 312 g/mol. The van der Waals surface area contributed by atoms with Gasteiger partial charge in [0.25, 0.3) is 0 Å². The van der Waals surface area contributed by atoms with Crippen LogP contribution in [-0.2, 0) is 9.53 Å². The molecule has 0 radical (unpaired) electrons. The summed E-state index contributed by atoms with van der Waals surface area (Å²) >= 11 is 0. The highest BCUT2D eigenvalue weighted by atomic mass is 16.5. The molecule has 3 nitrogen and oxygen atoms in total. The summed E-state index contributed by atoms with van der Waals surface area (Å²) in [5.41, 5.74) is -0.233. The summed E-state index contributed by atoms with van der Waals surface area (Å²) < 4.78 is 5.63. The molecule has 5 fully saturated rings. The van der Waals surface area contributed by atoms with Crippen LogP contribution < -0.4 is 0 Å². The van der Waals surface area contributed by atoms with Crippen molar-refractivity contribution in [1.82, 2.24) is 0 Å². The lowest BCUT2D eigenvalue weighted by molar-refractivity contribution is -0.128. The molecule has 140 valence electrons. The van der Waals surface area contributed by atoms with Crippen LogP contribution in [0.2, 0.25) is 0 Å². The fourth-order valence-corrected chi connectivity index (χ4v) is 8.79. The van der Waals surface area contributed by atoms with Gasteiger partial charge in [-0.3, -0.25) is 4.79 Å². The minimum atomic E-state index is -0.501. The van der Waals surface area contributed by atoms with Crippen LogP contribution in [0.15, 0.2) is 0 Å². The molecule has 5 aliphatic rings. The Kier molecular flexibility index (Phi) is 3.56. The molecular formula is C22H34O3. The number of hydrogen-bond donors (Lipinski definition) is 1. The maximum absolute atomic E-state index is 12.2. The van der Waals surface area contributed by atoms with E-state index >= 15 is 0 Å². The molecule has 0 heterocycles. The van der Waals surface area contributed by atoms with Crippen LogP contribution in [0.3, 0.4) is 0 Å². The summed E-state index contributed by atoms with van der Waals surface area (Å²) in [6.45, 7) is 4.25. The van der Waals surface area contributed by atoms with Crippen molar-refractivity contribution in [3.05, 3.63) is 0 Å². The fourth-order valence-electron chi connectivity index (χ4n) is 8.79. The van der Waals surface area contributed by atoms with Crippen molar-refractivity contribution in [1.29, 1.82) is 0 Å². The Morgan fingerprint density at radius 2 is 1.64 bits per heavy atom. The molecule has 0 bridgehead atoms. The fraction of sp³-hybridized carbons (Fsp3) is 0.955. The lowest BCUT2D eigenvalue weighted by Crippen LogP contribution is -2.50. The second kappa shape index (κ2) is 5.32. The number of carbonyl (C=O) groups is 1. The van der Waals surface area contributed by atoms with Crippen molar-refractivity contribution < 1.29 is 14.6 Å². The zero-order valence-corrected chi connectivity index (χ0v) is 16.0. The number of methoxy groups -OCH3 is 1. The number of hydrogen-bond acceptors (Lipinski definition) is 3. The Balaban J connectivity index is 1.39. The Hall–Kier alpha value is -0.410. The molecule has 0 aromatic carbocycles. The van der Waals surface area contributed by atoms with Gasteiger partial charge in [-0.25, -0.2) is 0 Å². The first kappa shape index (κ1) is 16.7. The van der Waals surface area contributed by atoms with Crippen LogP contribution in [-0.4, -0.2) is 29.7 Å². The van der Waals surface area contributed by atoms with Gasteiger partial charge in [0.05, 0.1) is 11.7 Å². The summed E-state index contributed by atoms with van der Waals surface area (Å²) in [5, 5.41) is 10.9. The van der Waals surface area contributed by atoms with E-state index in [-0.39, 0.29) is 11.5 Å². The Bertz CT molecular complexity index is 588. The van der Waals surface area contributed by atoms with Gasteiger partial charge in [0.1, 0.15) is 5.78 Å². The maximum atomic E-state index is 12.2. The van der Waals surface area contributed by atoms with E-state index < -0.39 is 5.60 Å². The number of fused-ring (bicyclic) bond motifs is 7. The summed E-state index contributed by atoms with van der Waals surface area (Å²) in [6.07, 6.45) is 9.78. The monoisotopic (exact) mass is 346 g/mol. The second-order valence-corrected chi connectivity index (χ2v) is 10.3. The topological polar surface area (TPSA) is 46.5 Å². The van der Waals surface area contributed by atoms with Gasteiger partial charge in [0, 0.05) is 18.9 Å². The number of rotatable bonds is 2. The SMILES string of the molecule is COC1C2[C@@H]3CC[C@@H]4[C@H](CC[C@]5(C)[C@@H](C(C)=O)CC[C@@H]45)[C@H]3CC[C@]12O. The summed E-state index contributed by atoms with van der Waals surface area (Å²) in [5.74, 6) is 5.05. The molecule has 25 heavy (non-hydrogen) atoms. The molecule has 0 aliphatic heterocycles. The van der Waals surface area contributed by atoms with Crippen LogP contribution in [0.5, 0.6) is 0 Å². The third-order valence-corrected chi connectivity index (χ3v) is 9.80. The van der Waals surface area contributed by atoms with Crippen molar-refractivity contribution in [3.8, 4) is 0 Å². The van der Waals surface area contributed by atoms with Crippen LogP contribution in [0.25, 0.3) is 0 Å². The number of carbonyl (C=O) groups excluding carboxylic acids is 1. The lowest BCUT2D eigenvalue weighted by Gasteiger charge is -2.55. The summed E-state index contributed by atoms with van der Waals surface area (Å²) in [7, 11) is 1.77. The molecule has 0 spiro atoms. The highest BCUT2D eigenvalue weighted by Gasteiger charge is 2.72. The average Bonchev–Trinajstić information content (AvgIpc) is 3.04. The van der Waals surface area contributed by atoms with Gasteiger partial charge in [0.2, 0.25) is 0 Å². The van der Waals surface area contributed by atoms with Crippen LogP contribution >= 0.6 is 0 Å². The molecule has 5 rings (SSSR count). The predicted molar refractivity (Wildman–Crippen MR) is 95.9 cm³/mol. The largest absolute Gasteiger partial charge is 0.387 e. The van der Waals surface area contributed by atoms with E-state index in [1.807, 2.05) is 6.92 Å². The number of aliphatic hydroxyl groups is 1. The molecule has 0 aromatic rings. The van der Waals surface area contributed by atoms with E-state index in [2.05, 4.69) is 6.92 Å². The van der Waals surface area contributed by atoms with E-state index in [9.17, 15) is 9.90 Å². The van der Waals surface area contributed by atoms with Crippen molar-refractivity contribution in [3.63, 3.8) is 0 Å². The van der Waals surface area contributed by atoms with E-state index in [1.165, 1.54) is 38.5 Å². The minimum Gasteiger partial charge on any atom is -0.387 e. The number of Topliss-reactive ketones (excluding diaryl/α,β-unsaturated/α-hetero) is 1. The zero-order valence-electron chi connectivity index (χ0n) is 16.0. The lowest BCUT2D eigenvalue weighted by atomic mass is 9.49. The molecule has 0 saturated heterocycles. The van der Waals surface area contributed by atoms with E-state index in [4.69, 9.17) is 4.74 Å². The molecule has 1 N–H and O–H groups in total. The number of ketones is 1. The van der Waals surface area contributed by atoms with Crippen LogP contribution in [0.1, 0.15) is 65.2 Å². The summed E-state index contributed by atoms with van der Waals surface area (Å²) in [4.78, 5) is 12.2. The molecule has 3 heteroatoms. The highest BCUT2D eigenvalue weighted by Crippen LogP contribution is 2.69. The predicted octanol–water partition coefficient (Wildman–Crippen LogP) is 3.83. The molecule has 0 amide bonds. The maximum Gasteiger partial charge on any atom is 0.133 e. The van der Waals surface area contributed by atoms with Crippen molar-refractivity contribution in [2.75, 3.05) is 7.11 Å². The van der Waals surface area contributed by atoms with Gasteiger partial charge in [-0.2, -0.15) is 0 Å². The van der Waals surface area contributed by atoms with E-state index in [0.717, 1.165) is 36.5 Å². The Morgan fingerprint density at radius 3 is 2.36 bits per heavy atom. The van der Waals surface area contributed by atoms with Gasteiger partial charge in [0.15, 0.2) is 0 Å². The normalized spacial score (nSPS) is 59.4. The first-order valence-corrected chi connectivity index (χ1v) is 10.7. The molecule has 2 unspecified atom stereocenters. The zero-order chi connectivity index (χ0) is 17.6. The first-order valence-electron chi connectivity index (χ1n) is 10.7. The quantitative estimate of drug-likeness (QED) is 0.826. The summed E-state index contributed by atoms with van der Waals surface area (Å²) in [6, 6.07) is 0. The first-order chi connectivity index (χ1) is 11.9. The van der Waals surface area contributed by atoms with Gasteiger partial charge in [-0.1, -0.05) is 6.92 Å². The number of ether oxygens (including phenoxy) is 1. The van der Waals surface area contributed by atoms with E-state index in [0.29, 0.717) is 23.5 Å². The molecule has 10 atom stereocenters. The Morgan fingerprint density at radius 1 is 0.960 bits per heavy atom. The van der Waals surface area contributed by atoms with Crippen LogP contribution in [0, 0.1) is 46.8 Å². The van der Waals surface area contributed by atoms with Gasteiger partial charge < -0.3 is 9.84 Å². The molecule has 5 saturated carbocycles. The molecule has 0 aromatic heterocycles. The standard InChI is InChI=1S/C22H34O3/c1-12(23)17-6-7-18-15-4-5-16-14(13(15)8-10-21(17,18)2)9-11-22(24)19(16)20(22)25-3/h13-20,24H,4-11H2,1-3H3/t13-,14-,15-,16-,17-,18+,19?,20?,21-,22-/m1/s1.